The van der Waals surface area contributed by atoms with E-state index in [4.69, 9.17) is 5.73 Å². The van der Waals surface area contributed by atoms with Gasteiger partial charge in [0.05, 0.1) is 0 Å². The summed E-state index contributed by atoms with van der Waals surface area (Å²) >= 11 is 0. The lowest BCUT2D eigenvalue weighted by atomic mass is 10.1. The third-order valence-electron chi connectivity index (χ3n) is 2.38. The van der Waals surface area contributed by atoms with Crippen LogP contribution in [-0.4, -0.2) is 17.6 Å². The van der Waals surface area contributed by atoms with Gasteiger partial charge in [0, 0.05) is 23.8 Å². The van der Waals surface area contributed by atoms with E-state index in [1.165, 1.54) is 0 Å². The van der Waals surface area contributed by atoms with Crippen LogP contribution in [0.5, 0.6) is 0 Å². The number of anilines is 2. The molecular weight excluding hydrogens is 216 g/mol. The van der Waals surface area contributed by atoms with Gasteiger partial charge in [-0.1, -0.05) is 12.1 Å². The smallest absolute Gasteiger partial charge is 0.320 e. The summed E-state index contributed by atoms with van der Waals surface area (Å²) in [5, 5.41) is 7.13. The van der Waals surface area contributed by atoms with Gasteiger partial charge in [0.1, 0.15) is 5.82 Å². The standard InChI is InChI=1S/C12H14N4O/c1-2-14-12(17)16-11-6-8-4-3-5-10(13)9(8)7-15-11/h3-7H,2,13H2,1H3,(H2,14,15,16,17). The van der Waals surface area contributed by atoms with E-state index >= 15 is 0 Å². The summed E-state index contributed by atoms with van der Waals surface area (Å²) < 4.78 is 0. The number of rotatable bonds is 2. The van der Waals surface area contributed by atoms with Crippen LogP contribution in [0.4, 0.5) is 16.3 Å². The van der Waals surface area contributed by atoms with Crippen molar-refractivity contribution in [2.24, 2.45) is 0 Å². The number of hydrogen-bond donors (Lipinski definition) is 3. The fraction of sp³-hybridized carbons (Fsp3) is 0.167. The predicted octanol–water partition coefficient (Wildman–Crippen LogP) is 1.96. The van der Waals surface area contributed by atoms with Crippen molar-refractivity contribution in [3.8, 4) is 0 Å². The number of nitrogen functional groups attached to an aromatic ring is 1. The highest BCUT2D eigenvalue weighted by atomic mass is 16.2. The first-order chi connectivity index (χ1) is 8.20. The highest BCUT2D eigenvalue weighted by molar-refractivity contribution is 5.96. The predicted molar refractivity (Wildman–Crippen MR) is 68.9 cm³/mol. The van der Waals surface area contributed by atoms with Crippen LogP contribution in [0, 0.1) is 0 Å². The van der Waals surface area contributed by atoms with Crippen molar-refractivity contribution in [2.45, 2.75) is 6.92 Å². The van der Waals surface area contributed by atoms with Gasteiger partial charge in [0.15, 0.2) is 0 Å². The maximum Gasteiger partial charge on any atom is 0.320 e. The van der Waals surface area contributed by atoms with Crippen molar-refractivity contribution in [1.29, 1.82) is 0 Å². The largest absolute Gasteiger partial charge is 0.398 e. The molecule has 5 nitrogen and oxygen atoms in total. The Balaban J connectivity index is 2.29. The third kappa shape index (κ3) is 2.44. The van der Waals surface area contributed by atoms with Gasteiger partial charge in [-0.2, -0.15) is 0 Å². The Bertz CT molecular complexity index is 553. The molecule has 4 N–H and O–H groups in total. The van der Waals surface area contributed by atoms with Crippen molar-refractivity contribution in [3.63, 3.8) is 0 Å². The van der Waals surface area contributed by atoms with E-state index in [1.807, 2.05) is 25.1 Å². The molecule has 0 aliphatic heterocycles. The van der Waals surface area contributed by atoms with E-state index in [0.717, 1.165) is 10.8 Å². The number of fused-ring (bicyclic) bond motifs is 1. The minimum Gasteiger partial charge on any atom is -0.398 e. The van der Waals surface area contributed by atoms with Crippen LogP contribution in [0.1, 0.15) is 6.92 Å². The SMILES string of the molecule is CCNC(=O)Nc1cc2cccc(N)c2cn1. The average molecular weight is 230 g/mol. The zero-order valence-corrected chi connectivity index (χ0v) is 9.53. The summed E-state index contributed by atoms with van der Waals surface area (Å²) in [6, 6.07) is 7.15. The Morgan fingerprint density at radius 3 is 3.06 bits per heavy atom. The van der Waals surface area contributed by atoms with E-state index in [1.54, 1.807) is 12.3 Å². The second-order valence-electron chi connectivity index (χ2n) is 3.62. The fourth-order valence-electron chi connectivity index (χ4n) is 1.58. The van der Waals surface area contributed by atoms with Gasteiger partial charge >= 0.3 is 6.03 Å². The molecule has 0 atom stereocenters. The van der Waals surface area contributed by atoms with Crippen molar-refractivity contribution >= 4 is 28.3 Å². The first kappa shape index (κ1) is 11.2. The number of amides is 2. The molecule has 88 valence electrons. The Kier molecular flexibility index (Phi) is 3.09. The molecule has 0 bridgehead atoms. The van der Waals surface area contributed by atoms with Crippen LogP contribution in [0.2, 0.25) is 0 Å². The molecule has 1 heterocycles. The Labute approximate surface area is 99.0 Å². The molecule has 0 spiro atoms. The van der Waals surface area contributed by atoms with Gasteiger partial charge in [0.2, 0.25) is 0 Å². The number of benzene rings is 1. The lowest BCUT2D eigenvalue weighted by Gasteiger charge is -2.06. The molecule has 0 aliphatic rings. The first-order valence-corrected chi connectivity index (χ1v) is 5.40. The number of nitrogens with two attached hydrogens (primary N) is 1. The molecule has 0 saturated heterocycles. The van der Waals surface area contributed by atoms with Crippen molar-refractivity contribution in [3.05, 3.63) is 30.5 Å². The summed E-state index contributed by atoms with van der Waals surface area (Å²) in [6.45, 7) is 2.43. The molecule has 17 heavy (non-hydrogen) atoms. The van der Waals surface area contributed by atoms with Gasteiger partial charge in [0.25, 0.3) is 0 Å². The first-order valence-electron chi connectivity index (χ1n) is 5.40. The third-order valence-corrected chi connectivity index (χ3v) is 2.38. The molecule has 2 amide bonds. The molecule has 0 aliphatic carbocycles. The maximum absolute atomic E-state index is 11.3. The number of pyridine rings is 1. The second kappa shape index (κ2) is 4.69. The maximum atomic E-state index is 11.3. The van der Waals surface area contributed by atoms with Crippen LogP contribution in [0.25, 0.3) is 10.8 Å². The zero-order chi connectivity index (χ0) is 12.3. The van der Waals surface area contributed by atoms with Crippen molar-refractivity contribution in [2.75, 3.05) is 17.6 Å². The Morgan fingerprint density at radius 1 is 1.47 bits per heavy atom. The molecule has 0 unspecified atom stereocenters. The van der Waals surface area contributed by atoms with Gasteiger partial charge in [-0.3, -0.25) is 5.32 Å². The van der Waals surface area contributed by atoms with E-state index in [0.29, 0.717) is 18.1 Å². The lowest BCUT2D eigenvalue weighted by Crippen LogP contribution is -2.28. The number of carbonyl (C=O) groups is 1. The molecule has 0 radical (unpaired) electrons. The van der Waals surface area contributed by atoms with Crippen LogP contribution in [-0.2, 0) is 0 Å². The number of aromatic nitrogens is 1. The van der Waals surface area contributed by atoms with Crippen molar-refractivity contribution < 1.29 is 4.79 Å². The Hall–Kier alpha value is -2.30. The van der Waals surface area contributed by atoms with E-state index in [-0.39, 0.29) is 6.03 Å². The van der Waals surface area contributed by atoms with Crippen LogP contribution >= 0.6 is 0 Å². The molecule has 0 saturated carbocycles. The molecule has 2 rings (SSSR count). The topological polar surface area (TPSA) is 80.0 Å². The number of urea groups is 1. The van der Waals surface area contributed by atoms with Gasteiger partial charge in [-0.05, 0) is 24.4 Å². The normalized spacial score (nSPS) is 10.2. The van der Waals surface area contributed by atoms with E-state index < -0.39 is 0 Å². The second-order valence-corrected chi connectivity index (χ2v) is 3.62. The molecule has 0 fully saturated rings. The summed E-state index contributed by atoms with van der Waals surface area (Å²) in [4.78, 5) is 15.5. The average Bonchev–Trinajstić information content (AvgIpc) is 2.29. The highest BCUT2D eigenvalue weighted by Crippen LogP contribution is 2.21. The number of carbonyl (C=O) groups excluding carboxylic acids is 1. The summed E-state index contributed by atoms with van der Waals surface area (Å²) in [7, 11) is 0. The van der Waals surface area contributed by atoms with Crippen LogP contribution in [0.15, 0.2) is 30.5 Å². The van der Waals surface area contributed by atoms with Crippen LogP contribution in [0.3, 0.4) is 0 Å². The van der Waals surface area contributed by atoms with Gasteiger partial charge < -0.3 is 11.1 Å². The lowest BCUT2D eigenvalue weighted by molar-refractivity contribution is 0.252. The quantitative estimate of drug-likeness (QED) is 0.690. The Morgan fingerprint density at radius 2 is 2.29 bits per heavy atom. The molecular formula is C12H14N4O. The fourth-order valence-corrected chi connectivity index (χ4v) is 1.58. The van der Waals surface area contributed by atoms with Gasteiger partial charge in [-0.25, -0.2) is 9.78 Å². The molecule has 1 aromatic carbocycles. The van der Waals surface area contributed by atoms with Crippen LogP contribution < -0.4 is 16.4 Å². The monoisotopic (exact) mass is 230 g/mol. The summed E-state index contributed by atoms with van der Waals surface area (Å²) in [5.41, 5.74) is 6.50. The number of hydrogen-bond acceptors (Lipinski definition) is 3. The summed E-state index contributed by atoms with van der Waals surface area (Å²) in [6.07, 6.45) is 1.66. The molecule has 2 aromatic rings. The number of nitrogens with one attached hydrogen (secondary N) is 2. The van der Waals surface area contributed by atoms with Gasteiger partial charge in [-0.15, -0.1) is 0 Å². The molecule has 1 aromatic heterocycles. The van der Waals surface area contributed by atoms with E-state index in [9.17, 15) is 4.79 Å². The minimum atomic E-state index is -0.261. The van der Waals surface area contributed by atoms with Crippen molar-refractivity contribution in [1.82, 2.24) is 10.3 Å². The number of nitrogens with zero attached hydrogens (tertiary/aromatic N) is 1. The highest BCUT2D eigenvalue weighted by Gasteiger charge is 2.03. The van der Waals surface area contributed by atoms with E-state index in [2.05, 4.69) is 15.6 Å². The zero-order valence-electron chi connectivity index (χ0n) is 9.53. The minimum absolute atomic E-state index is 0.261. The molecule has 5 heteroatoms. The summed E-state index contributed by atoms with van der Waals surface area (Å²) in [5.74, 6) is 0.508.